The number of nitrogens with zero attached hydrogens (tertiary/aromatic N) is 2. The predicted octanol–water partition coefficient (Wildman–Crippen LogP) is 3.83. The Hall–Kier alpha value is -1.22. The first-order chi connectivity index (χ1) is 7.43. The van der Waals surface area contributed by atoms with Crippen LogP contribution in [-0.2, 0) is 0 Å². The molecule has 1 heterocycles. The van der Waals surface area contributed by atoms with Gasteiger partial charge in [-0.25, -0.2) is 9.38 Å². The summed E-state index contributed by atoms with van der Waals surface area (Å²) in [6.45, 7) is 7.45. The second-order valence-corrected chi connectivity index (χ2v) is 4.16. The van der Waals surface area contributed by atoms with E-state index in [1.54, 1.807) is 13.1 Å². The first kappa shape index (κ1) is 12.8. The van der Waals surface area contributed by atoms with E-state index in [1.165, 1.54) is 0 Å². The lowest BCUT2D eigenvalue weighted by atomic mass is 10.1. The van der Waals surface area contributed by atoms with Crippen LogP contribution in [0.25, 0.3) is 0 Å². The molecule has 86 valence electrons. The van der Waals surface area contributed by atoms with Crippen molar-refractivity contribution in [2.45, 2.75) is 27.7 Å². The van der Waals surface area contributed by atoms with E-state index in [-0.39, 0.29) is 5.17 Å². The molecule has 16 heavy (non-hydrogen) atoms. The van der Waals surface area contributed by atoms with Crippen molar-refractivity contribution in [2.24, 2.45) is 4.99 Å². The molecule has 0 saturated heterocycles. The first-order valence-electron chi connectivity index (χ1n) is 4.92. The first-order valence-corrected chi connectivity index (χ1v) is 5.30. The summed E-state index contributed by atoms with van der Waals surface area (Å²) in [5, 5.41) is 0.163. The van der Waals surface area contributed by atoms with Crippen LogP contribution in [0.15, 0.2) is 28.7 Å². The average Bonchev–Trinajstić information content (AvgIpc) is 2.16. The standard InChI is InChI=1S/C12H14ClFN2/c1-7(2)9(4)16-12(13)11-8(3)5-15-6-10(11)14/h5-6H,1-4H3. The zero-order valence-electron chi connectivity index (χ0n) is 9.81. The molecule has 0 aliphatic heterocycles. The molecule has 0 spiro atoms. The largest absolute Gasteiger partial charge is 0.261 e. The van der Waals surface area contributed by atoms with Crippen LogP contribution in [-0.4, -0.2) is 10.2 Å². The SMILES string of the molecule is CC(C)=C(C)N=C(Cl)c1c(C)cncc1F. The Morgan fingerprint density at radius 2 is 1.94 bits per heavy atom. The Balaban J connectivity index is 3.25. The van der Waals surface area contributed by atoms with E-state index in [1.807, 2.05) is 20.8 Å². The van der Waals surface area contributed by atoms with Gasteiger partial charge in [-0.15, -0.1) is 0 Å². The van der Waals surface area contributed by atoms with Crippen molar-refractivity contribution in [1.82, 2.24) is 4.98 Å². The molecular formula is C12H14ClFN2. The highest BCUT2D eigenvalue weighted by molar-refractivity contribution is 6.69. The highest BCUT2D eigenvalue weighted by Crippen LogP contribution is 2.17. The minimum atomic E-state index is -0.449. The number of aromatic nitrogens is 1. The fourth-order valence-corrected chi connectivity index (χ4v) is 1.47. The monoisotopic (exact) mass is 240 g/mol. The van der Waals surface area contributed by atoms with E-state index in [9.17, 15) is 4.39 Å². The van der Waals surface area contributed by atoms with Crippen LogP contribution in [0, 0.1) is 12.7 Å². The van der Waals surface area contributed by atoms with Crippen LogP contribution >= 0.6 is 11.6 Å². The predicted molar refractivity (Wildman–Crippen MR) is 65.4 cm³/mol. The molecule has 0 bridgehead atoms. The minimum absolute atomic E-state index is 0.163. The molecule has 1 aromatic rings. The maximum absolute atomic E-state index is 13.5. The summed E-state index contributed by atoms with van der Waals surface area (Å²) in [5.41, 5.74) is 2.83. The minimum Gasteiger partial charge on any atom is -0.261 e. The highest BCUT2D eigenvalue weighted by Gasteiger charge is 2.11. The van der Waals surface area contributed by atoms with Crippen LogP contribution in [0.3, 0.4) is 0 Å². The summed E-state index contributed by atoms with van der Waals surface area (Å²) in [4.78, 5) is 7.90. The van der Waals surface area contributed by atoms with Gasteiger partial charge in [-0.2, -0.15) is 0 Å². The third-order valence-electron chi connectivity index (χ3n) is 2.28. The van der Waals surface area contributed by atoms with Gasteiger partial charge < -0.3 is 0 Å². The Morgan fingerprint density at radius 1 is 1.31 bits per heavy atom. The van der Waals surface area contributed by atoms with Gasteiger partial charge in [0, 0.05) is 11.9 Å². The molecule has 1 rings (SSSR count). The van der Waals surface area contributed by atoms with Gasteiger partial charge in [-0.1, -0.05) is 17.2 Å². The summed E-state index contributed by atoms with van der Waals surface area (Å²) < 4.78 is 13.5. The molecule has 0 fully saturated rings. The Morgan fingerprint density at radius 3 is 2.44 bits per heavy atom. The summed E-state index contributed by atoms with van der Waals surface area (Å²) in [7, 11) is 0. The van der Waals surface area contributed by atoms with E-state index in [2.05, 4.69) is 9.98 Å². The van der Waals surface area contributed by atoms with Crippen molar-refractivity contribution < 1.29 is 4.39 Å². The van der Waals surface area contributed by atoms with Crippen LogP contribution < -0.4 is 0 Å². The zero-order valence-corrected chi connectivity index (χ0v) is 10.6. The number of aliphatic imine (C=N–C) groups is 1. The quantitative estimate of drug-likeness (QED) is 0.722. The lowest BCUT2D eigenvalue weighted by Crippen LogP contribution is -2.01. The molecule has 0 unspecified atom stereocenters. The smallest absolute Gasteiger partial charge is 0.152 e. The number of hydrogen-bond donors (Lipinski definition) is 0. The van der Waals surface area contributed by atoms with Gasteiger partial charge in [-0.3, -0.25) is 4.98 Å². The van der Waals surface area contributed by atoms with Gasteiger partial charge in [0.05, 0.1) is 11.8 Å². The number of rotatable bonds is 2. The molecule has 0 aliphatic rings. The number of hydrogen-bond acceptors (Lipinski definition) is 2. The van der Waals surface area contributed by atoms with Gasteiger partial charge in [0.25, 0.3) is 0 Å². The van der Waals surface area contributed by atoms with E-state index in [0.29, 0.717) is 11.1 Å². The maximum Gasteiger partial charge on any atom is 0.152 e. The van der Waals surface area contributed by atoms with Crippen LogP contribution in [0.1, 0.15) is 31.9 Å². The summed E-state index contributed by atoms with van der Waals surface area (Å²) in [6, 6.07) is 0. The van der Waals surface area contributed by atoms with Crippen LogP contribution in [0.2, 0.25) is 0 Å². The third-order valence-corrected chi connectivity index (χ3v) is 2.56. The van der Waals surface area contributed by atoms with Crippen molar-refractivity contribution >= 4 is 16.8 Å². The number of allylic oxidation sites excluding steroid dienone is 2. The lowest BCUT2D eigenvalue weighted by molar-refractivity contribution is 0.617. The van der Waals surface area contributed by atoms with Crippen LogP contribution in [0.4, 0.5) is 4.39 Å². The van der Waals surface area contributed by atoms with Crippen molar-refractivity contribution in [3.8, 4) is 0 Å². The summed E-state index contributed by atoms with van der Waals surface area (Å²) >= 11 is 6.00. The third kappa shape index (κ3) is 2.89. The van der Waals surface area contributed by atoms with Gasteiger partial charge in [0.2, 0.25) is 0 Å². The summed E-state index contributed by atoms with van der Waals surface area (Å²) in [5.74, 6) is -0.449. The Labute approximate surface area is 99.9 Å². The Kier molecular flexibility index (Phi) is 4.19. The van der Waals surface area contributed by atoms with Crippen molar-refractivity contribution in [3.63, 3.8) is 0 Å². The second-order valence-electron chi connectivity index (χ2n) is 3.80. The van der Waals surface area contributed by atoms with E-state index in [0.717, 1.165) is 17.5 Å². The molecule has 0 aromatic carbocycles. The molecule has 0 aliphatic carbocycles. The molecule has 1 aromatic heterocycles. The molecule has 2 nitrogen and oxygen atoms in total. The lowest BCUT2D eigenvalue weighted by Gasteiger charge is -2.05. The van der Waals surface area contributed by atoms with Gasteiger partial charge in [0.15, 0.2) is 5.82 Å². The van der Waals surface area contributed by atoms with Crippen molar-refractivity contribution in [3.05, 3.63) is 40.6 Å². The summed E-state index contributed by atoms with van der Waals surface area (Å²) in [6.07, 6.45) is 2.70. The van der Waals surface area contributed by atoms with E-state index >= 15 is 0 Å². The molecule has 0 saturated carbocycles. The van der Waals surface area contributed by atoms with Crippen molar-refractivity contribution in [1.29, 1.82) is 0 Å². The molecule has 0 N–H and O–H groups in total. The van der Waals surface area contributed by atoms with Gasteiger partial charge in [-0.05, 0) is 33.3 Å². The van der Waals surface area contributed by atoms with Gasteiger partial charge >= 0.3 is 0 Å². The highest BCUT2D eigenvalue weighted by atomic mass is 35.5. The molecule has 0 amide bonds. The second kappa shape index (κ2) is 5.21. The molecule has 0 radical (unpaired) electrons. The Bertz CT molecular complexity index is 440. The fraction of sp³-hybridized carbons (Fsp3) is 0.333. The topological polar surface area (TPSA) is 25.2 Å². The van der Waals surface area contributed by atoms with Gasteiger partial charge in [0.1, 0.15) is 5.17 Å². The van der Waals surface area contributed by atoms with E-state index in [4.69, 9.17) is 11.6 Å². The normalized spacial score (nSPS) is 11.5. The molecule has 0 atom stereocenters. The number of pyridine rings is 1. The molecule has 4 heteroatoms. The zero-order chi connectivity index (χ0) is 12.3. The number of aryl methyl sites for hydroxylation is 1. The maximum atomic E-state index is 13.5. The fourth-order valence-electron chi connectivity index (χ4n) is 1.11. The number of halogens is 2. The molecular weight excluding hydrogens is 227 g/mol. The van der Waals surface area contributed by atoms with Crippen molar-refractivity contribution in [2.75, 3.05) is 0 Å². The van der Waals surface area contributed by atoms with E-state index < -0.39 is 5.82 Å². The average molecular weight is 241 g/mol. The van der Waals surface area contributed by atoms with Crippen LogP contribution in [0.5, 0.6) is 0 Å².